The largest absolute Gasteiger partial charge is 0.384 e. The van der Waals surface area contributed by atoms with Crippen molar-refractivity contribution in [3.63, 3.8) is 0 Å². The Labute approximate surface area is 118 Å². The first kappa shape index (κ1) is 14.5. The summed E-state index contributed by atoms with van der Waals surface area (Å²) in [6.07, 6.45) is 3.50. The molecule has 0 radical (unpaired) electrons. The van der Waals surface area contributed by atoms with Crippen molar-refractivity contribution < 1.29 is 14.6 Å². The van der Waals surface area contributed by atoms with Gasteiger partial charge in [0.25, 0.3) is 5.91 Å². The van der Waals surface area contributed by atoms with Crippen LogP contribution in [-0.4, -0.2) is 41.4 Å². The molecular weight excluding hydrogens is 256 g/mol. The van der Waals surface area contributed by atoms with Crippen molar-refractivity contribution in [3.05, 3.63) is 29.6 Å². The molecule has 1 saturated heterocycles. The lowest BCUT2D eigenvalue weighted by molar-refractivity contribution is 0.0205. The van der Waals surface area contributed by atoms with Gasteiger partial charge in [-0.2, -0.15) is 0 Å². The number of rotatable bonds is 3. The van der Waals surface area contributed by atoms with E-state index in [0.29, 0.717) is 12.1 Å². The van der Waals surface area contributed by atoms with E-state index in [1.807, 2.05) is 6.92 Å². The lowest BCUT2D eigenvalue weighted by Gasteiger charge is -2.23. The van der Waals surface area contributed by atoms with Crippen molar-refractivity contribution in [1.29, 1.82) is 0 Å². The molecule has 1 aliphatic heterocycles. The third-order valence-corrected chi connectivity index (χ3v) is 3.25. The number of hydrogen-bond donors (Lipinski definition) is 2. The molecule has 2 N–H and O–H groups in total. The Morgan fingerprint density at radius 1 is 1.65 bits per heavy atom. The number of nitrogens with one attached hydrogen (secondary N) is 1. The van der Waals surface area contributed by atoms with Gasteiger partial charge in [0, 0.05) is 19.3 Å². The monoisotopic (exact) mass is 274 g/mol. The quantitative estimate of drug-likeness (QED) is 0.797. The fourth-order valence-electron chi connectivity index (χ4n) is 2.15. The first-order chi connectivity index (χ1) is 9.64. The molecule has 0 aliphatic carbocycles. The van der Waals surface area contributed by atoms with E-state index in [2.05, 4.69) is 22.1 Å². The van der Waals surface area contributed by atoms with Gasteiger partial charge >= 0.3 is 0 Å². The number of pyridine rings is 1. The van der Waals surface area contributed by atoms with Crippen LogP contribution in [0.4, 0.5) is 0 Å². The zero-order valence-electron chi connectivity index (χ0n) is 11.5. The molecule has 1 atom stereocenters. The molecule has 1 unspecified atom stereocenters. The molecular formula is C15H18N2O3. The average molecular weight is 274 g/mol. The maximum absolute atomic E-state index is 12.2. The summed E-state index contributed by atoms with van der Waals surface area (Å²) in [6, 6.07) is 3.41. The number of hydrogen-bond acceptors (Lipinski definition) is 4. The van der Waals surface area contributed by atoms with E-state index in [0.717, 1.165) is 19.4 Å². The van der Waals surface area contributed by atoms with Crippen LogP contribution >= 0.6 is 0 Å². The lowest BCUT2D eigenvalue weighted by atomic mass is 10.0. The number of carbonyl (C=O) groups is 1. The van der Waals surface area contributed by atoms with E-state index < -0.39 is 0 Å². The van der Waals surface area contributed by atoms with E-state index in [1.165, 1.54) is 0 Å². The highest BCUT2D eigenvalue weighted by molar-refractivity contribution is 5.94. The molecule has 1 fully saturated rings. The Morgan fingerprint density at radius 2 is 2.50 bits per heavy atom. The van der Waals surface area contributed by atoms with Gasteiger partial charge in [-0.1, -0.05) is 11.8 Å². The Balaban J connectivity index is 2.05. The van der Waals surface area contributed by atoms with Crippen LogP contribution in [0.15, 0.2) is 18.3 Å². The van der Waals surface area contributed by atoms with Crippen LogP contribution in [0.3, 0.4) is 0 Å². The maximum Gasteiger partial charge on any atom is 0.271 e. The molecule has 106 valence electrons. The number of aliphatic hydroxyl groups is 1. The van der Waals surface area contributed by atoms with Crippen LogP contribution in [0.5, 0.6) is 0 Å². The van der Waals surface area contributed by atoms with Crippen molar-refractivity contribution in [2.24, 2.45) is 0 Å². The number of amides is 1. The van der Waals surface area contributed by atoms with Crippen LogP contribution in [0.2, 0.25) is 0 Å². The maximum atomic E-state index is 12.2. The Bertz CT molecular complexity index is 540. The fourth-order valence-corrected chi connectivity index (χ4v) is 2.15. The molecule has 1 aliphatic rings. The summed E-state index contributed by atoms with van der Waals surface area (Å²) < 4.78 is 5.63. The van der Waals surface area contributed by atoms with Crippen LogP contribution in [0.1, 0.15) is 35.8 Å². The van der Waals surface area contributed by atoms with Crippen LogP contribution in [0, 0.1) is 11.8 Å². The van der Waals surface area contributed by atoms with Crippen molar-refractivity contribution in [2.45, 2.75) is 25.4 Å². The number of ether oxygens (including phenoxy) is 1. The topological polar surface area (TPSA) is 71.5 Å². The Hall–Kier alpha value is -1.90. The lowest BCUT2D eigenvalue weighted by Crippen LogP contribution is -2.40. The molecule has 1 aromatic heterocycles. The fraction of sp³-hybridized carbons (Fsp3) is 0.467. The van der Waals surface area contributed by atoms with Crippen molar-refractivity contribution in [3.8, 4) is 11.8 Å². The van der Waals surface area contributed by atoms with Gasteiger partial charge in [0.15, 0.2) is 0 Å². The van der Waals surface area contributed by atoms with Gasteiger partial charge in [0.05, 0.1) is 11.2 Å². The second-order valence-electron chi connectivity index (χ2n) is 4.94. The van der Waals surface area contributed by atoms with E-state index in [4.69, 9.17) is 9.84 Å². The molecule has 2 heterocycles. The first-order valence-electron chi connectivity index (χ1n) is 6.61. The molecule has 5 nitrogen and oxygen atoms in total. The molecule has 5 heteroatoms. The summed E-state index contributed by atoms with van der Waals surface area (Å²) in [5, 5.41) is 11.6. The van der Waals surface area contributed by atoms with Gasteiger partial charge in [-0.05, 0) is 31.9 Å². The summed E-state index contributed by atoms with van der Waals surface area (Å²) >= 11 is 0. The van der Waals surface area contributed by atoms with E-state index in [1.54, 1.807) is 18.3 Å². The molecule has 20 heavy (non-hydrogen) atoms. The van der Waals surface area contributed by atoms with Crippen molar-refractivity contribution in [1.82, 2.24) is 10.3 Å². The molecule has 2 rings (SSSR count). The molecule has 1 aromatic rings. The van der Waals surface area contributed by atoms with Gasteiger partial charge in [0.1, 0.15) is 12.3 Å². The number of carbonyl (C=O) groups excluding carboxylic acids is 1. The number of nitrogens with zero attached hydrogens (tertiary/aromatic N) is 1. The van der Waals surface area contributed by atoms with E-state index >= 15 is 0 Å². The molecule has 0 saturated carbocycles. The smallest absolute Gasteiger partial charge is 0.271 e. The van der Waals surface area contributed by atoms with Gasteiger partial charge < -0.3 is 15.2 Å². The third kappa shape index (κ3) is 3.56. The highest BCUT2D eigenvalue weighted by Crippen LogP contribution is 2.23. The summed E-state index contributed by atoms with van der Waals surface area (Å²) in [4.78, 5) is 16.2. The summed E-state index contributed by atoms with van der Waals surface area (Å²) in [5.74, 6) is 4.98. The van der Waals surface area contributed by atoms with Crippen molar-refractivity contribution in [2.75, 3.05) is 19.8 Å². The van der Waals surface area contributed by atoms with Gasteiger partial charge in [-0.3, -0.25) is 4.79 Å². The summed E-state index contributed by atoms with van der Waals surface area (Å²) in [5.41, 5.74) is 0.494. The SMILES string of the molecule is CC1(CNC(=O)c2ncccc2C#CCO)CCCO1. The first-order valence-corrected chi connectivity index (χ1v) is 6.61. The Morgan fingerprint density at radius 3 is 3.20 bits per heavy atom. The highest BCUT2D eigenvalue weighted by Gasteiger charge is 2.30. The summed E-state index contributed by atoms with van der Waals surface area (Å²) in [6.45, 7) is 2.94. The zero-order valence-corrected chi connectivity index (χ0v) is 11.5. The van der Waals surface area contributed by atoms with Gasteiger partial charge in [0.2, 0.25) is 0 Å². The molecule has 0 bridgehead atoms. The highest BCUT2D eigenvalue weighted by atomic mass is 16.5. The van der Waals surface area contributed by atoms with Gasteiger partial charge in [-0.15, -0.1) is 0 Å². The minimum absolute atomic E-state index is 0.248. The van der Waals surface area contributed by atoms with E-state index in [9.17, 15) is 4.79 Å². The predicted molar refractivity (Wildman–Crippen MR) is 74.1 cm³/mol. The third-order valence-electron chi connectivity index (χ3n) is 3.25. The molecule has 0 aromatic carbocycles. The van der Waals surface area contributed by atoms with Crippen LogP contribution in [0.25, 0.3) is 0 Å². The average Bonchev–Trinajstić information content (AvgIpc) is 2.90. The minimum Gasteiger partial charge on any atom is -0.384 e. The normalized spacial score (nSPS) is 21.1. The predicted octanol–water partition coefficient (Wildman–Crippen LogP) is 0.724. The Kier molecular flexibility index (Phi) is 4.72. The van der Waals surface area contributed by atoms with E-state index in [-0.39, 0.29) is 23.8 Å². The van der Waals surface area contributed by atoms with Crippen LogP contribution < -0.4 is 5.32 Å². The minimum atomic E-state index is -0.290. The zero-order chi connectivity index (χ0) is 14.4. The number of aliphatic hydroxyl groups excluding tert-OH is 1. The molecule has 0 spiro atoms. The molecule has 1 amide bonds. The second-order valence-corrected chi connectivity index (χ2v) is 4.94. The van der Waals surface area contributed by atoms with Crippen LogP contribution in [-0.2, 0) is 4.74 Å². The van der Waals surface area contributed by atoms with Gasteiger partial charge in [-0.25, -0.2) is 4.98 Å². The summed E-state index contributed by atoms with van der Waals surface area (Å²) in [7, 11) is 0. The number of aromatic nitrogens is 1. The standard InChI is InChI=1S/C15H18N2O3/c1-15(7-4-10-20-15)11-17-14(19)13-12(6-3-9-18)5-2-8-16-13/h2,5,8,18H,4,7,9-11H2,1H3,(H,17,19). The van der Waals surface area contributed by atoms with Crippen molar-refractivity contribution >= 4 is 5.91 Å². The second kappa shape index (κ2) is 6.51.